The maximum atomic E-state index is 12.1. The average Bonchev–Trinajstić information content (AvgIpc) is 3.58. The monoisotopic (exact) mass is 388 g/mol. The Morgan fingerprint density at radius 1 is 1.07 bits per heavy atom. The van der Waals surface area contributed by atoms with Crippen LogP contribution in [0.5, 0.6) is 5.75 Å². The van der Waals surface area contributed by atoms with Crippen molar-refractivity contribution in [3.8, 4) is 17.0 Å². The molecule has 2 aromatic carbocycles. The van der Waals surface area contributed by atoms with E-state index >= 15 is 0 Å². The number of nitrogens with one attached hydrogen (secondary N) is 2. The largest absolute Gasteiger partial charge is 0.497 e. The van der Waals surface area contributed by atoms with E-state index < -0.39 is 0 Å². The van der Waals surface area contributed by atoms with Gasteiger partial charge in [-0.3, -0.25) is 4.79 Å². The Labute approximate surface area is 170 Å². The molecule has 4 rings (SSSR count). The van der Waals surface area contributed by atoms with Crippen LogP contribution in [0.15, 0.2) is 60.9 Å². The third kappa shape index (κ3) is 5.10. The van der Waals surface area contributed by atoms with Gasteiger partial charge in [0.15, 0.2) is 0 Å². The van der Waals surface area contributed by atoms with Gasteiger partial charge >= 0.3 is 0 Å². The molecule has 0 aliphatic heterocycles. The number of carbonyl (C=O) groups excluding carboxylic acids is 1. The molecule has 3 aromatic rings. The smallest absolute Gasteiger partial charge is 0.251 e. The van der Waals surface area contributed by atoms with Gasteiger partial charge in [0.25, 0.3) is 5.91 Å². The van der Waals surface area contributed by atoms with Crippen molar-refractivity contribution < 1.29 is 9.53 Å². The van der Waals surface area contributed by atoms with Crippen molar-refractivity contribution >= 4 is 11.7 Å². The summed E-state index contributed by atoms with van der Waals surface area (Å²) in [6.45, 7) is 0.767. The van der Waals surface area contributed by atoms with E-state index in [1.165, 1.54) is 5.56 Å². The summed E-state index contributed by atoms with van der Waals surface area (Å²) in [7, 11) is 1.67. The lowest BCUT2D eigenvalue weighted by atomic mass is 10.1. The zero-order chi connectivity index (χ0) is 20.1. The Morgan fingerprint density at radius 3 is 2.52 bits per heavy atom. The first-order chi connectivity index (χ1) is 14.2. The molecule has 29 heavy (non-hydrogen) atoms. The quantitative estimate of drug-likeness (QED) is 0.615. The highest BCUT2D eigenvalue weighted by Gasteiger charge is 2.23. The van der Waals surface area contributed by atoms with E-state index in [-0.39, 0.29) is 5.91 Å². The zero-order valence-electron chi connectivity index (χ0n) is 16.4. The fourth-order valence-corrected chi connectivity index (χ4v) is 3.03. The molecule has 1 aromatic heterocycles. The highest BCUT2D eigenvalue weighted by Crippen LogP contribution is 2.22. The molecule has 0 saturated heterocycles. The van der Waals surface area contributed by atoms with Crippen LogP contribution >= 0.6 is 0 Å². The molecule has 0 spiro atoms. The van der Waals surface area contributed by atoms with Gasteiger partial charge in [0, 0.05) is 29.8 Å². The van der Waals surface area contributed by atoms with E-state index in [1.54, 1.807) is 13.4 Å². The minimum absolute atomic E-state index is 0.0115. The van der Waals surface area contributed by atoms with Crippen molar-refractivity contribution in [2.45, 2.75) is 25.3 Å². The molecule has 0 bridgehead atoms. The summed E-state index contributed by atoms with van der Waals surface area (Å²) in [4.78, 5) is 20.8. The van der Waals surface area contributed by atoms with Crippen LogP contribution in [0.2, 0.25) is 0 Å². The van der Waals surface area contributed by atoms with E-state index in [4.69, 9.17) is 4.74 Å². The molecule has 0 unspecified atom stereocenters. The lowest BCUT2D eigenvalue weighted by molar-refractivity contribution is 0.0951. The number of anilines is 1. The van der Waals surface area contributed by atoms with E-state index in [2.05, 4.69) is 32.7 Å². The van der Waals surface area contributed by atoms with E-state index in [0.717, 1.165) is 48.6 Å². The van der Waals surface area contributed by atoms with E-state index in [1.807, 2.05) is 42.5 Å². The normalized spacial score (nSPS) is 13.0. The number of methoxy groups -OCH3 is 1. The molecule has 1 amide bonds. The summed E-state index contributed by atoms with van der Waals surface area (Å²) in [5, 5.41) is 6.34. The van der Waals surface area contributed by atoms with Crippen molar-refractivity contribution in [1.29, 1.82) is 0 Å². The second-order valence-electron chi connectivity index (χ2n) is 7.14. The molecule has 1 aliphatic rings. The van der Waals surface area contributed by atoms with Crippen LogP contribution < -0.4 is 15.4 Å². The van der Waals surface area contributed by atoms with Gasteiger partial charge in [0.1, 0.15) is 17.9 Å². The fourth-order valence-electron chi connectivity index (χ4n) is 3.03. The standard InChI is InChI=1S/C23H24N4O2/c1-29-20-10-2-16(3-11-20)12-13-24-22-14-21(25-15-26-22)17-4-6-18(7-5-17)23(28)27-19-8-9-19/h2-7,10-11,14-15,19H,8-9,12-13H2,1H3,(H,27,28)(H,24,25,26). The number of hydrogen-bond donors (Lipinski definition) is 2. The van der Waals surface area contributed by atoms with Crippen molar-refractivity contribution in [2.75, 3.05) is 19.0 Å². The first-order valence-electron chi connectivity index (χ1n) is 9.81. The Hall–Kier alpha value is -3.41. The lowest BCUT2D eigenvalue weighted by Gasteiger charge is -2.08. The number of rotatable bonds is 8. The first-order valence-corrected chi connectivity index (χ1v) is 9.81. The van der Waals surface area contributed by atoms with Gasteiger partial charge in [0.05, 0.1) is 12.8 Å². The molecule has 2 N–H and O–H groups in total. The SMILES string of the molecule is COc1ccc(CCNc2cc(-c3ccc(C(=O)NC4CC4)cc3)ncn2)cc1. The van der Waals surface area contributed by atoms with Gasteiger partial charge in [0.2, 0.25) is 0 Å². The third-order valence-electron chi connectivity index (χ3n) is 4.90. The van der Waals surface area contributed by atoms with Gasteiger partial charge in [-0.15, -0.1) is 0 Å². The molecule has 6 heteroatoms. The molecule has 1 aliphatic carbocycles. The second-order valence-corrected chi connectivity index (χ2v) is 7.14. The summed E-state index contributed by atoms with van der Waals surface area (Å²) in [6, 6.07) is 17.9. The van der Waals surface area contributed by atoms with Crippen molar-refractivity contribution in [2.24, 2.45) is 0 Å². The van der Waals surface area contributed by atoms with Crippen molar-refractivity contribution in [3.63, 3.8) is 0 Å². The van der Waals surface area contributed by atoms with Crippen molar-refractivity contribution in [1.82, 2.24) is 15.3 Å². The number of aromatic nitrogens is 2. The molecule has 1 heterocycles. The molecule has 6 nitrogen and oxygen atoms in total. The Morgan fingerprint density at radius 2 is 1.83 bits per heavy atom. The van der Waals surface area contributed by atoms with Crippen LogP contribution in [0.4, 0.5) is 5.82 Å². The zero-order valence-corrected chi connectivity index (χ0v) is 16.4. The summed E-state index contributed by atoms with van der Waals surface area (Å²) in [5.74, 6) is 1.62. The Bertz CT molecular complexity index is 967. The molecule has 0 atom stereocenters. The summed E-state index contributed by atoms with van der Waals surface area (Å²) in [6.07, 6.45) is 4.60. The molecule has 148 valence electrons. The maximum absolute atomic E-state index is 12.1. The highest BCUT2D eigenvalue weighted by atomic mass is 16.5. The average molecular weight is 388 g/mol. The number of nitrogens with zero attached hydrogens (tertiary/aromatic N) is 2. The molecular weight excluding hydrogens is 364 g/mol. The number of hydrogen-bond acceptors (Lipinski definition) is 5. The number of benzene rings is 2. The van der Waals surface area contributed by atoms with E-state index in [0.29, 0.717) is 11.6 Å². The third-order valence-corrected chi connectivity index (χ3v) is 4.90. The predicted octanol–water partition coefficient (Wildman–Crippen LogP) is 3.70. The topological polar surface area (TPSA) is 76.1 Å². The highest BCUT2D eigenvalue weighted by molar-refractivity contribution is 5.95. The van der Waals surface area contributed by atoms with Gasteiger partial charge in [-0.05, 0) is 49.1 Å². The van der Waals surface area contributed by atoms with Crippen LogP contribution in [0, 0.1) is 0 Å². The van der Waals surface area contributed by atoms with Gasteiger partial charge in [-0.2, -0.15) is 0 Å². The second kappa shape index (κ2) is 8.73. The number of carbonyl (C=O) groups is 1. The minimum Gasteiger partial charge on any atom is -0.497 e. The first kappa shape index (κ1) is 18.9. The number of ether oxygens (including phenoxy) is 1. The Kier molecular flexibility index (Phi) is 5.70. The Balaban J connectivity index is 1.35. The van der Waals surface area contributed by atoms with Crippen LogP contribution in [0.3, 0.4) is 0 Å². The van der Waals surface area contributed by atoms with Gasteiger partial charge in [-0.25, -0.2) is 9.97 Å². The minimum atomic E-state index is -0.0115. The molecule has 1 fully saturated rings. The maximum Gasteiger partial charge on any atom is 0.251 e. The van der Waals surface area contributed by atoms with Crippen LogP contribution in [0.25, 0.3) is 11.3 Å². The van der Waals surface area contributed by atoms with E-state index in [9.17, 15) is 4.79 Å². The van der Waals surface area contributed by atoms with Crippen LogP contribution in [0.1, 0.15) is 28.8 Å². The predicted molar refractivity (Wildman–Crippen MR) is 113 cm³/mol. The summed E-state index contributed by atoms with van der Waals surface area (Å²) < 4.78 is 5.18. The lowest BCUT2D eigenvalue weighted by Crippen LogP contribution is -2.25. The summed E-state index contributed by atoms with van der Waals surface area (Å²) in [5.41, 5.74) is 3.68. The van der Waals surface area contributed by atoms with Crippen LogP contribution in [-0.4, -0.2) is 35.6 Å². The number of amides is 1. The molecule has 1 saturated carbocycles. The fraction of sp³-hybridized carbons (Fsp3) is 0.261. The van der Waals surface area contributed by atoms with Gasteiger partial charge < -0.3 is 15.4 Å². The van der Waals surface area contributed by atoms with Gasteiger partial charge in [-0.1, -0.05) is 24.3 Å². The van der Waals surface area contributed by atoms with Crippen LogP contribution in [-0.2, 0) is 6.42 Å². The summed E-state index contributed by atoms with van der Waals surface area (Å²) >= 11 is 0. The van der Waals surface area contributed by atoms with Crippen molar-refractivity contribution in [3.05, 3.63) is 72.1 Å². The molecule has 0 radical (unpaired) electrons. The molecular formula is C23H24N4O2.